The average Bonchev–Trinajstić information content (AvgIpc) is 3.10. The van der Waals surface area contributed by atoms with E-state index >= 15 is 0 Å². The Morgan fingerprint density at radius 3 is 2.64 bits per heavy atom. The van der Waals surface area contributed by atoms with Crippen LogP contribution in [-0.4, -0.2) is 23.8 Å². The summed E-state index contributed by atoms with van der Waals surface area (Å²) in [7, 11) is 0. The number of rotatable bonds is 1. The lowest BCUT2D eigenvalue weighted by atomic mass is 9.53. The van der Waals surface area contributed by atoms with Crippen LogP contribution >= 0.6 is 0 Å². The third kappa shape index (κ3) is 1.81. The van der Waals surface area contributed by atoms with Crippen molar-refractivity contribution in [1.29, 1.82) is 0 Å². The first-order chi connectivity index (χ1) is 10.7. The first-order valence-corrected chi connectivity index (χ1v) is 9.53. The van der Waals surface area contributed by atoms with Crippen LogP contribution < -0.4 is 0 Å². The maximum atomic E-state index is 11.3. The second-order valence-electron chi connectivity index (χ2n) is 8.63. The van der Waals surface area contributed by atoms with Gasteiger partial charge < -0.3 is 9.47 Å². The molecule has 4 aliphatic carbocycles. The molecule has 0 aromatic rings. The van der Waals surface area contributed by atoms with Crippen LogP contribution in [-0.2, 0) is 14.3 Å². The zero-order valence-corrected chi connectivity index (χ0v) is 13.6. The summed E-state index contributed by atoms with van der Waals surface area (Å²) in [6.45, 7) is 1.56. The Labute approximate surface area is 133 Å². The van der Waals surface area contributed by atoms with Crippen LogP contribution in [0.1, 0.15) is 64.7 Å². The van der Waals surface area contributed by atoms with Gasteiger partial charge in [-0.05, 0) is 87.4 Å². The average molecular weight is 304 g/mol. The zero-order chi connectivity index (χ0) is 14.9. The second-order valence-corrected chi connectivity index (χ2v) is 8.63. The van der Waals surface area contributed by atoms with Crippen molar-refractivity contribution < 1.29 is 14.3 Å². The lowest BCUT2D eigenvalue weighted by molar-refractivity contribution is -0.152. The highest BCUT2D eigenvalue weighted by atomic mass is 16.6. The van der Waals surface area contributed by atoms with Gasteiger partial charge >= 0.3 is 5.97 Å². The summed E-state index contributed by atoms with van der Waals surface area (Å²) in [5.74, 6) is 4.10. The van der Waals surface area contributed by atoms with Gasteiger partial charge in [0.15, 0.2) is 0 Å². The van der Waals surface area contributed by atoms with Gasteiger partial charge in [-0.1, -0.05) is 0 Å². The first kappa shape index (κ1) is 13.8. The van der Waals surface area contributed by atoms with E-state index in [0.717, 1.165) is 42.4 Å². The summed E-state index contributed by atoms with van der Waals surface area (Å²) in [4.78, 5) is 11.3. The van der Waals surface area contributed by atoms with Gasteiger partial charge in [0.2, 0.25) is 0 Å². The topological polar surface area (TPSA) is 38.8 Å². The molecule has 1 aliphatic heterocycles. The Balaban J connectivity index is 1.37. The monoisotopic (exact) mass is 304 g/mol. The van der Waals surface area contributed by atoms with E-state index in [1.165, 1.54) is 44.9 Å². The smallest absolute Gasteiger partial charge is 0.302 e. The first-order valence-electron chi connectivity index (χ1n) is 9.53. The van der Waals surface area contributed by atoms with E-state index in [0.29, 0.717) is 11.7 Å². The Bertz CT molecular complexity index is 489. The fraction of sp³-hybridized carbons (Fsp3) is 0.947. The number of hydrogen-bond acceptors (Lipinski definition) is 3. The maximum absolute atomic E-state index is 11.3. The van der Waals surface area contributed by atoms with E-state index < -0.39 is 0 Å². The van der Waals surface area contributed by atoms with Crippen LogP contribution in [0.15, 0.2) is 0 Å². The van der Waals surface area contributed by atoms with Crippen LogP contribution in [0.5, 0.6) is 0 Å². The molecular weight excluding hydrogens is 276 g/mol. The summed E-state index contributed by atoms with van der Waals surface area (Å²) in [5, 5.41) is 0. The predicted molar refractivity (Wildman–Crippen MR) is 82.2 cm³/mol. The quantitative estimate of drug-likeness (QED) is 0.547. The van der Waals surface area contributed by atoms with Gasteiger partial charge in [0.1, 0.15) is 11.7 Å². The molecule has 0 aromatic carbocycles. The second kappa shape index (κ2) is 4.72. The number of epoxide rings is 1. The van der Waals surface area contributed by atoms with E-state index in [1.54, 1.807) is 6.92 Å². The van der Waals surface area contributed by atoms with E-state index in [2.05, 4.69) is 0 Å². The molecule has 1 heterocycles. The predicted octanol–water partition coefficient (Wildman–Crippen LogP) is 3.70. The van der Waals surface area contributed by atoms with Crippen LogP contribution in [0.3, 0.4) is 0 Å². The van der Waals surface area contributed by atoms with E-state index in [1.807, 2.05) is 0 Å². The number of esters is 1. The summed E-state index contributed by atoms with van der Waals surface area (Å²) < 4.78 is 11.9. The Hall–Kier alpha value is -0.570. The molecule has 0 radical (unpaired) electrons. The van der Waals surface area contributed by atoms with Crippen LogP contribution in [0.2, 0.25) is 0 Å². The number of hydrogen-bond donors (Lipinski definition) is 0. The minimum Gasteiger partial charge on any atom is -0.463 e. The number of carbonyl (C=O) groups is 1. The summed E-state index contributed by atoms with van der Waals surface area (Å²) in [6.07, 6.45) is 12.6. The van der Waals surface area contributed by atoms with E-state index in [4.69, 9.17) is 9.47 Å². The summed E-state index contributed by atoms with van der Waals surface area (Å²) >= 11 is 0. The molecule has 1 spiro atoms. The van der Waals surface area contributed by atoms with Gasteiger partial charge in [0, 0.05) is 6.92 Å². The van der Waals surface area contributed by atoms with Crippen molar-refractivity contribution in [2.75, 3.05) is 0 Å². The van der Waals surface area contributed by atoms with Crippen molar-refractivity contribution in [2.45, 2.75) is 82.5 Å². The molecule has 22 heavy (non-hydrogen) atoms. The fourth-order valence-electron chi connectivity index (χ4n) is 7.16. The zero-order valence-electron chi connectivity index (χ0n) is 13.6. The van der Waals surface area contributed by atoms with Crippen molar-refractivity contribution in [3.63, 3.8) is 0 Å². The van der Waals surface area contributed by atoms with Crippen LogP contribution in [0.4, 0.5) is 0 Å². The molecule has 5 fully saturated rings. The maximum Gasteiger partial charge on any atom is 0.302 e. The molecule has 0 aromatic heterocycles. The van der Waals surface area contributed by atoms with Crippen molar-refractivity contribution in [3.05, 3.63) is 0 Å². The fourth-order valence-corrected chi connectivity index (χ4v) is 7.16. The highest BCUT2D eigenvalue weighted by Crippen LogP contribution is 2.68. The molecule has 0 amide bonds. The lowest BCUT2D eigenvalue weighted by Crippen LogP contribution is -2.50. The van der Waals surface area contributed by atoms with Gasteiger partial charge in [-0.3, -0.25) is 4.79 Å². The number of ether oxygens (including phenoxy) is 2. The Morgan fingerprint density at radius 2 is 1.82 bits per heavy atom. The highest BCUT2D eigenvalue weighted by molar-refractivity contribution is 5.66. The summed E-state index contributed by atoms with van der Waals surface area (Å²) in [6, 6.07) is 0. The minimum absolute atomic E-state index is 0.0977. The number of fused-ring (bicyclic) bond motifs is 3. The molecule has 0 N–H and O–H groups in total. The normalized spacial score (nSPS) is 55.4. The molecule has 8 unspecified atom stereocenters. The standard InChI is InChI=1S/C19H28O3/c1-11(20)21-14-6-2-12-3-8-17-15(16(12)10-14)7-4-13-5-9-18-19(13,17)22-18/h12-18H,2-10H2,1H3. The molecule has 3 nitrogen and oxygen atoms in total. The summed E-state index contributed by atoms with van der Waals surface area (Å²) in [5.41, 5.74) is 0.308. The van der Waals surface area contributed by atoms with E-state index in [9.17, 15) is 4.79 Å². The number of carbonyl (C=O) groups excluding carboxylic acids is 1. The van der Waals surface area contributed by atoms with Crippen molar-refractivity contribution in [1.82, 2.24) is 0 Å². The Morgan fingerprint density at radius 1 is 1.00 bits per heavy atom. The van der Waals surface area contributed by atoms with Crippen molar-refractivity contribution >= 4 is 5.97 Å². The minimum atomic E-state index is -0.0977. The van der Waals surface area contributed by atoms with Gasteiger partial charge in [0.25, 0.3) is 0 Å². The molecule has 5 rings (SSSR count). The molecular formula is C19H28O3. The molecule has 5 aliphatic rings. The van der Waals surface area contributed by atoms with Crippen LogP contribution in [0, 0.1) is 29.6 Å². The van der Waals surface area contributed by atoms with Gasteiger partial charge in [-0.15, -0.1) is 0 Å². The third-order valence-electron chi connectivity index (χ3n) is 7.88. The highest BCUT2D eigenvalue weighted by Gasteiger charge is 2.72. The molecule has 0 bridgehead atoms. The van der Waals surface area contributed by atoms with Gasteiger partial charge in [-0.2, -0.15) is 0 Å². The lowest BCUT2D eigenvalue weighted by Gasteiger charge is -2.52. The molecule has 4 saturated carbocycles. The van der Waals surface area contributed by atoms with Crippen molar-refractivity contribution in [2.24, 2.45) is 29.6 Å². The SMILES string of the molecule is CC(=O)OC1CCC2CCC3C(CCC4CCC5OC453)C2C1. The van der Waals surface area contributed by atoms with Gasteiger partial charge in [0.05, 0.1) is 6.10 Å². The van der Waals surface area contributed by atoms with Crippen LogP contribution in [0.25, 0.3) is 0 Å². The van der Waals surface area contributed by atoms with E-state index in [-0.39, 0.29) is 12.1 Å². The van der Waals surface area contributed by atoms with Gasteiger partial charge in [-0.25, -0.2) is 0 Å². The van der Waals surface area contributed by atoms with Crippen molar-refractivity contribution in [3.8, 4) is 0 Å². The molecule has 8 atom stereocenters. The Kier molecular flexibility index (Phi) is 2.97. The molecule has 1 saturated heterocycles. The largest absolute Gasteiger partial charge is 0.463 e. The molecule has 3 heteroatoms. The third-order valence-corrected chi connectivity index (χ3v) is 7.88. The molecule has 122 valence electrons.